The molecule has 0 spiro atoms. The Labute approximate surface area is 108 Å². The minimum absolute atomic E-state index is 0.385. The van der Waals surface area contributed by atoms with Gasteiger partial charge in [-0.05, 0) is 49.4 Å². The quantitative estimate of drug-likeness (QED) is 0.806. The normalized spacial score (nSPS) is 16.3. The smallest absolute Gasteiger partial charge is 0.335 e. The lowest BCUT2D eigenvalue weighted by atomic mass is 10.1. The van der Waals surface area contributed by atoms with E-state index in [1.54, 1.807) is 6.07 Å². The fraction of sp³-hybridized carbons (Fsp3) is 0.533. The predicted octanol–water partition coefficient (Wildman–Crippen LogP) is 3.68. The van der Waals surface area contributed by atoms with E-state index in [4.69, 9.17) is 5.11 Å². The third-order valence-electron chi connectivity index (χ3n) is 3.64. The minimum atomic E-state index is -0.857. The van der Waals surface area contributed by atoms with Gasteiger partial charge in [0.05, 0.1) is 5.56 Å². The van der Waals surface area contributed by atoms with E-state index in [1.165, 1.54) is 19.3 Å². The van der Waals surface area contributed by atoms with E-state index in [9.17, 15) is 4.79 Å². The molecule has 0 bridgehead atoms. The van der Waals surface area contributed by atoms with Crippen LogP contribution in [-0.2, 0) is 0 Å². The van der Waals surface area contributed by atoms with Crippen LogP contribution >= 0.6 is 0 Å². The lowest BCUT2D eigenvalue weighted by molar-refractivity contribution is 0.0696. The van der Waals surface area contributed by atoms with E-state index in [-0.39, 0.29) is 0 Å². The van der Waals surface area contributed by atoms with Gasteiger partial charge in [0, 0.05) is 11.7 Å². The molecule has 1 aromatic carbocycles. The zero-order valence-electron chi connectivity index (χ0n) is 11.1. The molecule has 18 heavy (non-hydrogen) atoms. The van der Waals surface area contributed by atoms with Crippen LogP contribution in [0.5, 0.6) is 0 Å². The molecule has 1 saturated carbocycles. The van der Waals surface area contributed by atoms with E-state index in [1.807, 2.05) is 19.1 Å². The summed E-state index contributed by atoms with van der Waals surface area (Å²) in [5.41, 5.74) is 2.23. The van der Waals surface area contributed by atoms with Crippen molar-refractivity contribution in [1.82, 2.24) is 0 Å². The van der Waals surface area contributed by atoms with Gasteiger partial charge in [0.25, 0.3) is 0 Å². The van der Waals surface area contributed by atoms with Crippen molar-refractivity contribution in [3.63, 3.8) is 0 Å². The number of aryl methyl sites for hydroxylation is 1. The van der Waals surface area contributed by atoms with Crippen molar-refractivity contribution in [3.8, 4) is 0 Å². The Morgan fingerprint density at radius 1 is 1.50 bits per heavy atom. The van der Waals surface area contributed by atoms with E-state index in [2.05, 4.69) is 12.2 Å². The molecule has 0 aromatic heterocycles. The standard InChI is InChI=1S/C15H21NO2/c1-3-12(9-11-4-5-11)16-13-6-7-14(15(17)18)10(2)8-13/h6-8,11-12,16H,3-5,9H2,1-2H3,(H,17,18). The van der Waals surface area contributed by atoms with Crippen LogP contribution in [-0.4, -0.2) is 17.1 Å². The molecule has 3 nitrogen and oxygen atoms in total. The molecule has 1 aromatic rings. The van der Waals surface area contributed by atoms with E-state index in [0.29, 0.717) is 11.6 Å². The number of carboxylic acid groups (broad SMARTS) is 1. The van der Waals surface area contributed by atoms with Crippen LogP contribution in [0.25, 0.3) is 0 Å². The van der Waals surface area contributed by atoms with Gasteiger partial charge in [-0.3, -0.25) is 0 Å². The monoisotopic (exact) mass is 247 g/mol. The van der Waals surface area contributed by atoms with Crippen LogP contribution in [0, 0.1) is 12.8 Å². The maximum absolute atomic E-state index is 10.9. The zero-order chi connectivity index (χ0) is 13.1. The van der Waals surface area contributed by atoms with Gasteiger partial charge in [-0.1, -0.05) is 19.8 Å². The van der Waals surface area contributed by atoms with Crippen molar-refractivity contribution in [2.75, 3.05) is 5.32 Å². The molecular weight excluding hydrogens is 226 g/mol. The number of nitrogens with one attached hydrogen (secondary N) is 1. The highest BCUT2D eigenvalue weighted by Crippen LogP contribution is 2.34. The number of anilines is 1. The summed E-state index contributed by atoms with van der Waals surface area (Å²) in [6.07, 6.45) is 5.08. The molecule has 0 heterocycles. The Bertz CT molecular complexity index is 438. The van der Waals surface area contributed by atoms with Crippen LogP contribution < -0.4 is 5.32 Å². The summed E-state index contributed by atoms with van der Waals surface area (Å²) >= 11 is 0. The summed E-state index contributed by atoms with van der Waals surface area (Å²) < 4.78 is 0. The van der Waals surface area contributed by atoms with Crippen molar-refractivity contribution in [1.29, 1.82) is 0 Å². The number of rotatable bonds is 6. The highest BCUT2D eigenvalue weighted by molar-refractivity contribution is 5.89. The van der Waals surface area contributed by atoms with E-state index in [0.717, 1.165) is 23.6 Å². The number of carbonyl (C=O) groups is 1. The van der Waals surface area contributed by atoms with Crippen molar-refractivity contribution in [3.05, 3.63) is 29.3 Å². The Kier molecular flexibility index (Phi) is 3.90. The summed E-state index contributed by atoms with van der Waals surface area (Å²) in [6, 6.07) is 5.99. The second-order valence-corrected chi connectivity index (χ2v) is 5.26. The third kappa shape index (κ3) is 3.25. The molecule has 0 saturated heterocycles. The van der Waals surface area contributed by atoms with Crippen LogP contribution in [0.3, 0.4) is 0 Å². The second kappa shape index (κ2) is 5.42. The Morgan fingerprint density at radius 3 is 2.72 bits per heavy atom. The molecule has 1 fully saturated rings. The van der Waals surface area contributed by atoms with Gasteiger partial charge in [0.15, 0.2) is 0 Å². The average molecular weight is 247 g/mol. The Balaban J connectivity index is 2.03. The van der Waals surface area contributed by atoms with Gasteiger partial charge in [-0.25, -0.2) is 4.79 Å². The molecule has 0 aliphatic heterocycles. The van der Waals surface area contributed by atoms with Gasteiger partial charge in [-0.2, -0.15) is 0 Å². The maximum Gasteiger partial charge on any atom is 0.335 e. The van der Waals surface area contributed by atoms with Gasteiger partial charge < -0.3 is 10.4 Å². The molecule has 3 heteroatoms. The molecule has 0 amide bonds. The molecule has 0 radical (unpaired) electrons. The minimum Gasteiger partial charge on any atom is -0.478 e. The number of hydrogen-bond donors (Lipinski definition) is 2. The molecule has 98 valence electrons. The number of benzene rings is 1. The number of hydrogen-bond acceptors (Lipinski definition) is 2. The predicted molar refractivity (Wildman–Crippen MR) is 73.2 cm³/mol. The third-order valence-corrected chi connectivity index (χ3v) is 3.64. The molecule has 2 rings (SSSR count). The van der Waals surface area contributed by atoms with Crippen molar-refractivity contribution >= 4 is 11.7 Å². The first kappa shape index (κ1) is 12.9. The highest BCUT2D eigenvalue weighted by atomic mass is 16.4. The van der Waals surface area contributed by atoms with E-state index < -0.39 is 5.97 Å². The van der Waals surface area contributed by atoms with Crippen LogP contribution in [0.15, 0.2) is 18.2 Å². The maximum atomic E-state index is 10.9. The molecule has 1 aliphatic carbocycles. The summed E-state index contributed by atoms with van der Waals surface area (Å²) in [6.45, 7) is 4.04. The van der Waals surface area contributed by atoms with Crippen LogP contribution in [0.2, 0.25) is 0 Å². The average Bonchev–Trinajstić information content (AvgIpc) is 3.11. The summed E-state index contributed by atoms with van der Waals surface area (Å²) in [5.74, 6) is 0.0471. The fourth-order valence-corrected chi connectivity index (χ4v) is 2.31. The summed E-state index contributed by atoms with van der Waals surface area (Å²) in [5, 5.41) is 12.5. The van der Waals surface area contributed by atoms with E-state index >= 15 is 0 Å². The van der Waals surface area contributed by atoms with Gasteiger partial charge >= 0.3 is 5.97 Å². The fourth-order valence-electron chi connectivity index (χ4n) is 2.31. The first-order chi connectivity index (χ1) is 8.60. The Morgan fingerprint density at radius 2 is 2.22 bits per heavy atom. The first-order valence-corrected chi connectivity index (χ1v) is 6.70. The van der Waals surface area contributed by atoms with Crippen molar-refractivity contribution < 1.29 is 9.90 Å². The largest absolute Gasteiger partial charge is 0.478 e. The van der Waals surface area contributed by atoms with Gasteiger partial charge in [-0.15, -0.1) is 0 Å². The molecular formula is C15H21NO2. The lowest BCUT2D eigenvalue weighted by Crippen LogP contribution is -2.19. The molecule has 1 aliphatic rings. The van der Waals surface area contributed by atoms with Gasteiger partial charge in [0.2, 0.25) is 0 Å². The number of aromatic carboxylic acids is 1. The lowest BCUT2D eigenvalue weighted by Gasteiger charge is -2.18. The second-order valence-electron chi connectivity index (χ2n) is 5.26. The summed E-state index contributed by atoms with van der Waals surface area (Å²) in [7, 11) is 0. The molecule has 1 atom stereocenters. The van der Waals surface area contributed by atoms with Crippen LogP contribution in [0.1, 0.15) is 48.5 Å². The van der Waals surface area contributed by atoms with Gasteiger partial charge in [0.1, 0.15) is 0 Å². The highest BCUT2D eigenvalue weighted by Gasteiger charge is 2.24. The number of carboxylic acids is 1. The molecule has 2 N–H and O–H groups in total. The Hall–Kier alpha value is -1.51. The topological polar surface area (TPSA) is 49.3 Å². The SMILES string of the molecule is CCC(CC1CC1)Nc1ccc(C(=O)O)c(C)c1. The molecule has 1 unspecified atom stereocenters. The zero-order valence-corrected chi connectivity index (χ0v) is 11.1. The summed E-state index contributed by atoms with van der Waals surface area (Å²) in [4.78, 5) is 10.9. The first-order valence-electron chi connectivity index (χ1n) is 6.70. The van der Waals surface area contributed by atoms with Crippen LogP contribution in [0.4, 0.5) is 5.69 Å². The van der Waals surface area contributed by atoms with Crippen molar-refractivity contribution in [2.45, 2.75) is 45.6 Å². The van der Waals surface area contributed by atoms with Crippen molar-refractivity contribution in [2.24, 2.45) is 5.92 Å².